The zero-order valence-electron chi connectivity index (χ0n) is 22.3. The zero-order valence-corrected chi connectivity index (χ0v) is 22.3. The fraction of sp³-hybridized carbons (Fsp3) is 0.152. The molecule has 5 rings (SSSR count). The van der Waals surface area contributed by atoms with Crippen molar-refractivity contribution < 1.29 is 24.2 Å². The van der Waals surface area contributed by atoms with Gasteiger partial charge in [0.05, 0.1) is 24.3 Å². The van der Waals surface area contributed by atoms with Crippen molar-refractivity contribution >= 4 is 23.1 Å². The SMILES string of the molecule is COc1c(C)cc(C)cc1/C(O)=C1\C(=O)C(=O)N(c2cccc(C)c2)C1c1cccc(Oc2ccccc2)c1. The van der Waals surface area contributed by atoms with Gasteiger partial charge in [0, 0.05) is 5.69 Å². The van der Waals surface area contributed by atoms with Crippen molar-refractivity contribution in [3.05, 3.63) is 124 Å². The van der Waals surface area contributed by atoms with Gasteiger partial charge in [-0.15, -0.1) is 0 Å². The van der Waals surface area contributed by atoms with Crippen molar-refractivity contribution in [2.45, 2.75) is 26.8 Å². The van der Waals surface area contributed by atoms with Gasteiger partial charge in [0.1, 0.15) is 23.0 Å². The molecule has 0 radical (unpaired) electrons. The Kier molecular flexibility index (Phi) is 6.94. The predicted octanol–water partition coefficient (Wildman–Crippen LogP) is 7.04. The summed E-state index contributed by atoms with van der Waals surface area (Å²) >= 11 is 0. The molecular formula is C33H29NO5. The van der Waals surface area contributed by atoms with E-state index < -0.39 is 17.7 Å². The molecule has 39 heavy (non-hydrogen) atoms. The summed E-state index contributed by atoms with van der Waals surface area (Å²) in [6.07, 6.45) is 0. The van der Waals surface area contributed by atoms with Gasteiger partial charge in [0.15, 0.2) is 0 Å². The molecular weight excluding hydrogens is 490 g/mol. The molecule has 4 aromatic rings. The number of carbonyl (C=O) groups excluding carboxylic acids is 2. The van der Waals surface area contributed by atoms with E-state index in [4.69, 9.17) is 9.47 Å². The fourth-order valence-corrected chi connectivity index (χ4v) is 5.11. The Morgan fingerprint density at radius 1 is 0.795 bits per heavy atom. The van der Waals surface area contributed by atoms with Crippen LogP contribution in [0, 0.1) is 20.8 Å². The van der Waals surface area contributed by atoms with Crippen molar-refractivity contribution in [3.8, 4) is 17.2 Å². The number of methoxy groups -OCH3 is 1. The summed E-state index contributed by atoms with van der Waals surface area (Å²) in [5.74, 6) is -0.134. The highest BCUT2D eigenvalue weighted by Crippen LogP contribution is 2.44. The van der Waals surface area contributed by atoms with Gasteiger partial charge in [0.2, 0.25) is 0 Å². The number of ether oxygens (including phenoxy) is 2. The maximum atomic E-state index is 13.6. The lowest BCUT2D eigenvalue weighted by molar-refractivity contribution is -0.132. The smallest absolute Gasteiger partial charge is 0.300 e. The summed E-state index contributed by atoms with van der Waals surface area (Å²) in [5.41, 5.74) is 4.15. The molecule has 1 aliphatic rings. The van der Waals surface area contributed by atoms with E-state index in [2.05, 4.69) is 0 Å². The second-order valence-corrected chi connectivity index (χ2v) is 9.66. The molecule has 1 N–H and O–H groups in total. The van der Waals surface area contributed by atoms with Crippen LogP contribution in [0.2, 0.25) is 0 Å². The minimum atomic E-state index is -0.892. The van der Waals surface area contributed by atoms with Crippen molar-refractivity contribution in [2.75, 3.05) is 12.0 Å². The van der Waals surface area contributed by atoms with E-state index >= 15 is 0 Å². The van der Waals surface area contributed by atoms with Crippen molar-refractivity contribution in [1.82, 2.24) is 0 Å². The molecule has 196 valence electrons. The maximum absolute atomic E-state index is 13.6. The predicted molar refractivity (Wildman–Crippen MR) is 151 cm³/mol. The third kappa shape index (κ3) is 4.89. The lowest BCUT2D eigenvalue weighted by Crippen LogP contribution is -2.29. The highest BCUT2D eigenvalue weighted by Gasteiger charge is 2.47. The largest absolute Gasteiger partial charge is 0.507 e. The lowest BCUT2D eigenvalue weighted by atomic mass is 9.93. The number of nitrogens with zero attached hydrogens (tertiary/aromatic N) is 1. The van der Waals surface area contributed by atoms with Crippen LogP contribution in [-0.2, 0) is 9.59 Å². The Balaban J connectivity index is 1.73. The van der Waals surface area contributed by atoms with E-state index in [-0.39, 0.29) is 11.3 Å². The molecule has 1 amide bonds. The van der Waals surface area contributed by atoms with Crippen molar-refractivity contribution in [2.24, 2.45) is 0 Å². The number of aliphatic hydroxyl groups is 1. The number of benzene rings is 4. The van der Waals surface area contributed by atoms with Crippen LogP contribution in [0.1, 0.15) is 33.9 Å². The van der Waals surface area contributed by atoms with Crippen molar-refractivity contribution in [1.29, 1.82) is 0 Å². The normalized spacial score (nSPS) is 16.4. The molecule has 6 nitrogen and oxygen atoms in total. The summed E-state index contributed by atoms with van der Waals surface area (Å²) in [6.45, 7) is 5.69. The molecule has 0 aliphatic carbocycles. The summed E-state index contributed by atoms with van der Waals surface area (Å²) < 4.78 is 11.7. The fourth-order valence-electron chi connectivity index (χ4n) is 5.11. The molecule has 1 fully saturated rings. The molecule has 4 aromatic carbocycles. The first-order valence-electron chi connectivity index (χ1n) is 12.6. The number of carbonyl (C=O) groups is 2. The molecule has 6 heteroatoms. The molecule has 1 saturated heterocycles. The minimum Gasteiger partial charge on any atom is -0.507 e. The van der Waals surface area contributed by atoms with Crippen molar-refractivity contribution in [3.63, 3.8) is 0 Å². The first-order valence-corrected chi connectivity index (χ1v) is 12.6. The van der Waals surface area contributed by atoms with Gasteiger partial charge in [-0.25, -0.2) is 0 Å². The number of hydrogen-bond acceptors (Lipinski definition) is 5. The molecule has 0 aromatic heterocycles. The average Bonchev–Trinajstić information content (AvgIpc) is 3.19. The Hall–Kier alpha value is -4.84. The van der Waals surface area contributed by atoms with Crippen LogP contribution in [0.3, 0.4) is 0 Å². The number of hydrogen-bond donors (Lipinski definition) is 1. The number of Topliss-reactive ketones (excluding diaryl/α,β-unsaturated/α-hetero) is 1. The molecule has 0 bridgehead atoms. The molecule has 1 atom stereocenters. The van der Waals surface area contributed by atoms with E-state index in [9.17, 15) is 14.7 Å². The highest BCUT2D eigenvalue weighted by molar-refractivity contribution is 6.51. The number of aryl methyl sites for hydroxylation is 3. The number of para-hydroxylation sites is 1. The molecule has 1 heterocycles. The van der Waals surface area contributed by atoms with Gasteiger partial charge in [-0.05, 0) is 85.5 Å². The Labute approximate surface area is 227 Å². The summed E-state index contributed by atoms with van der Waals surface area (Å²) in [4.78, 5) is 28.7. The number of rotatable bonds is 6. The minimum absolute atomic E-state index is 0.0123. The third-order valence-corrected chi connectivity index (χ3v) is 6.76. The quantitative estimate of drug-likeness (QED) is 0.168. The topological polar surface area (TPSA) is 76.1 Å². The van der Waals surface area contributed by atoms with Gasteiger partial charge in [-0.1, -0.05) is 48.5 Å². The monoisotopic (exact) mass is 519 g/mol. The number of amides is 1. The van der Waals surface area contributed by atoms with E-state index in [1.807, 2.05) is 87.5 Å². The summed E-state index contributed by atoms with van der Waals surface area (Å²) in [6, 6.07) is 26.8. The van der Waals surface area contributed by atoms with Crippen LogP contribution in [-0.4, -0.2) is 23.9 Å². The highest BCUT2D eigenvalue weighted by atomic mass is 16.5. The second-order valence-electron chi connectivity index (χ2n) is 9.66. The summed E-state index contributed by atoms with van der Waals surface area (Å²) in [7, 11) is 1.52. The molecule has 0 saturated carbocycles. The lowest BCUT2D eigenvalue weighted by Gasteiger charge is -2.26. The first kappa shape index (κ1) is 25.8. The Morgan fingerprint density at radius 2 is 1.51 bits per heavy atom. The van der Waals surface area contributed by atoms with Crippen LogP contribution in [0.25, 0.3) is 5.76 Å². The van der Waals surface area contributed by atoms with E-state index in [0.717, 1.165) is 16.7 Å². The van der Waals surface area contributed by atoms with E-state index in [1.54, 1.807) is 24.3 Å². The molecule has 1 unspecified atom stereocenters. The average molecular weight is 520 g/mol. The number of anilines is 1. The Morgan fingerprint density at radius 3 is 2.23 bits per heavy atom. The number of ketones is 1. The summed E-state index contributed by atoms with van der Waals surface area (Å²) in [5, 5.41) is 11.7. The maximum Gasteiger partial charge on any atom is 0.300 e. The Bertz CT molecular complexity index is 1610. The second kappa shape index (κ2) is 10.5. The van der Waals surface area contributed by atoms with Crippen LogP contribution >= 0.6 is 0 Å². The number of aliphatic hydroxyl groups excluding tert-OH is 1. The van der Waals surface area contributed by atoms with Crippen LogP contribution in [0.15, 0.2) is 96.6 Å². The molecule has 0 spiro atoms. The van der Waals surface area contributed by atoms with Gasteiger partial charge in [-0.3, -0.25) is 14.5 Å². The third-order valence-electron chi connectivity index (χ3n) is 6.76. The zero-order chi connectivity index (χ0) is 27.7. The van der Waals surface area contributed by atoms with Crippen LogP contribution in [0.4, 0.5) is 5.69 Å². The van der Waals surface area contributed by atoms with Gasteiger partial charge in [-0.2, -0.15) is 0 Å². The van der Waals surface area contributed by atoms with Gasteiger partial charge >= 0.3 is 0 Å². The molecule has 1 aliphatic heterocycles. The van der Waals surface area contributed by atoms with Crippen LogP contribution in [0.5, 0.6) is 17.2 Å². The van der Waals surface area contributed by atoms with Crippen LogP contribution < -0.4 is 14.4 Å². The van der Waals surface area contributed by atoms with Gasteiger partial charge in [0.25, 0.3) is 11.7 Å². The van der Waals surface area contributed by atoms with E-state index in [1.165, 1.54) is 12.0 Å². The first-order chi connectivity index (χ1) is 18.8. The van der Waals surface area contributed by atoms with E-state index in [0.29, 0.717) is 34.1 Å². The van der Waals surface area contributed by atoms with Gasteiger partial charge < -0.3 is 14.6 Å². The standard InChI is InChI=1S/C33H29NO5/c1-20-10-8-12-24(17-20)34-29(23-11-9-15-26(19-23)39-25-13-6-5-7-14-25)28(31(36)33(34)37)30(35)27-18-21(2)16-22(3)32(27)38-4/h5-19,29,35H,1-4H3/b30-28+.